The molecule has 1 aromatic carbocycles. The average Bonchev–Trinajstić information content (AvgIpc) is 2.83. The highest BCUT2D eigenvalue weighted by Crippen LogP contribution is 2.20. The van der Waals surface area contributed by atoms with Crippen molar-refractivity contribution in [3.05, 3.63) is 51.5 Å². The average molecular weight is 367 g/mol. The lowest BCUT2D eigenvalue weighted by molar-refractivity contribution is -0.131. The molecule has 21 heavy (non-hydrogen) atoms. The summed E-state index contributed by atoms with van der Waals surface area (Å²) in [5.74, 6) is -1.19. The van der Waals surface area contributed by atoms with Crippen molar-refractivity contribution in [2.24, 2.45) is 0 Å². The van der Waals surface area contributed by atoms with Gasteiger partial charge in [-0.15, -0.1) is 0 Å². The van der Waals surface area contributed by atoms with Gasteiger partial charge in [0.05, 0.1) is 6.42 Å². The Kier molecular flexibility index (Phi) is 5.24. The van der Waals surface area contributed by atoms with Gasteiger partial charge in [-0.3, -0.25) is 4.79 Å². The summed E-state index contributed by atoms with van der Waals surface area (Å²) in [5.41, 5.74) is 0.893. The number of nitrogens with zero attached hydrogens (tertiary/aromatic N) is 1. The van der Waals surface area contributed by atoms with Crippen LogP contribution in [0.4, 0.5) is 5.13 Å². The van der Waals surface area contributed by atoms with Crippen molar-refractivity contribution in [1.29, 1.82) is 0 Å². The fraction of sp³-hybridized carbons (Fsp3) is 0.0714. The van der Waals surface area contributed by atoms with E-state index in [2.05, 4.69) is 26.2 Å². The predicted molar refractivity (Wildman–Crippen MR) is 85.3 cm³/mol. The van der Waals surface area contributed by atoms with Crippen LogP contribution in [0, 0.1) is 0 Å². The van der Waals surface area contributed by atoms with Gasteiger partial charge in [-0.05, 0) is 23.8 Å². The summed E-state index contributed by atoms with van der Waals surface area (Å²) in [6.07, 6.45) is 4.22. The van der Waals surface area contributed by atoms with E-state index < -0.39 is 5.97 Å². The highest BCUT2D eigenvalue weighted by Gasteiger charge is 2.07. The van der Waals surface area contributed by atoms with Crippen molar-refractivity contribution in [3.8, 4) is 0 Å². The number of anilines is 1. The minimum Gasteiger partial charge on any atom is -0.478 e. The van der Waals surface area contributed by atoms with Crippen LogP contribution in [0.5, 0.6) is 0 Å². The number of carbonyl (C=O) groups is 2. The molecule has 1 heterocycles. The molecule has 1 aromatic heterocycles. The zero-order valence-electron chi connectivity index (χ0n) is 10.7. The Morgan fingerprint density at radius 2 is 2.24 bits per heavy atom. The third-order valence-corrected chi connectivity index (χ3v) is 3.79. The molecule has 0 atom stereocenters. The van der Waals surface area contributed by atoms with Crippen molar-refractivity contribution in [3.63, 3.8) is 0 Å². The van der Waals surface area contributed by atoms with E-state index in [1.807, 2.05) is 24.3 Å². The minimum atomic E-state index is -1.02. The Balaban J connectivity index is 1.95. The maximum Gasteiger partial charge on any atom is 0.328 e. The minimum absolute atomic E-state index is 0.170. The third kappa shape index (κ3) is 5.13. The van der Waals surface area contributed by atoms with Gasteiger partial charge in [-0.25, -0.2) is 9.78 Å². The van der Waals surface area contributed by atoms with Crippen molar-refractivity contribution in [2.75, 3.05) is 5.32 Å². The number of carboxylic acid groups (broad SMARTS) is 1. The van der Waals surface area contributed by atoms with Crippen LogP contribution in [0.25, 0.3) is 6.08 Å². The van der Waals surface area contributed by atoms with Gasteiger partial charge in [0.1, 0.15) is 0 Å². The molecule has 0 saturated heterocycles. The van der Waals surface area contributed by atoms with Crippen LogP contribution in [0.3, 0.4) is 0 Å². The van der Waals surface area contributed by atoms with Crippen molar-refractivity contribution < 1.29 is 14.7 Å². The lowest BCUT2D eigenvalue weighted by Gasteiger charge is -2.02. The number of hydrogen-bond acceptors (Lipinski definition) is 4. The molecule has 0 radical (unpaired) electrons. The van der Waals surface area contributed by atoms with E-state index in [1.54, 1.807) is 0 Å². The number of carbonyl (C=O) groups excluding carboxylic acids is 1. The Morgan fingerprint density at radius 1 is 1.43 bits per heavy atom. The van der Waals surface area contributed by atoms with Crippen LogP contribution in [0.1, 0.15) is 10.4 Å². The second-order valence-corrected chi connectivity index (χ2v) is 6.07. The highest BCUT2D eigenvalue weighted by molar-refractivity contribution is 9.10. The van der Waals surface area contributed by atoms with E-state index >= 15 is 0 Å². The van der Waals surface area contributed by atoms with E-state index in [0.29, 0.717) is 10.0 Å². The molecule has 5 nitrogen and oxygen atoms in total. The van der Waals surface area contributed by atoms with Crippen LogP contribution in [0.2, 0.25) is 0 Å². The molecular weight excluding hydrogens is 356 g/mol. The number of hydrogen-bond donors (Lipinski definition) is 2. The van der Waals surface area contributed by atoms with Crippen molar-refractivity contribution >= 4 is 50.4 Å². The van der Waals surface area contributed by atoms with Crippen LogP contribution in [-0.4, -0.2) is 22.0 Å². The second kappa shape index (κ2) is 7.14. The summed E-state index contributed by atoms with van der Waals surface area (Å²) >= 11 is 4.57. The molecule has 0 aliphatic carbocycles. The molecule has 108 valence electrons. The largest absolute Gasteiger partial charge is 0.478 e. The summed E-state index contributed by atoms with van der Waals surface area (Å²) in [4.78, 5) is 27.0. The van der Waals surface area contributed by atoms with E-state index in [1.165, 1.54) is 23.6 Å². The summed E-state index contributed by atoms with van der Waals surface area (Å²) in [6.45, 7) is 0. The van der Waals surface area contributed by atoms with Gasteiger partial charge in [0.15, 0.2) is 5.13 Å². The lowest BCUT2D eigenvalue weighted by Crippen LogP contribution is -2.14. The van der Waals surface area contributed by atoms with Crippen LogP contribution in [0.15, 0.2) is 41.0 Å². The first-order valence-electron chi connectivity index (χ1n) is 5.94. The molecule has 2 aromatic rings. The van der Waals surface area contributed by atoms with E-state index in [9.17, 15) is 9.59 Å². The summed E-state index contributed by atoms with van der Waals surface area (Å²) < 4.78 is 0.920. The summed E-state index contributed by atoms with van der Waals surface area (Å²) in [7, 11) is 0. The van der Waals surface area contributed by atoms with Crippen molar-refractivity contribution in [1.82, 2.24) is 4.98 Å². The first-order valence-corrected chi connectivity index (χ1v) is 7.55. The molecule has 0 aliphatic heterocycles. The number of halogens is 1. The number of benzene rings is 1. The number of aliphatic carboxylic acids is 1. The highest BCUT2D eigenvalue weighted by atomic mass is 79.9. The fourth-order valence-electron chi connectivity index (χ4n) is 1.57. The summed E-state index contributed by atoms with van der Waals surface area (Å²) in [5, 5.41) is 11.7. The number of amides is 1. The van der Waals surface area contributed by atoms with Gasteiger partial charge in [-0.2, -0.15) is 0 Å². The molecule has 0 unspecified atom stereocenters. The molecular formula is C14H11BrN2O3S. The number of rotatable bonds is 5. The Labute approximate surface area is 133 Å². The fourth-order valence-corrected chi connectivity index (χ4v) is 2.75. The maximum atomic E-state index is 11.9. The van der Waals surface area contributed by atoms with Crippen LogP contribution >= 0.6 is 27.3 Å². The normalized spacial score (nSPS) is 10.7. The topological polar surface area (TPSA) is 79.3 Å². The lowest BCUT2D eigenvalue weighted by atomic mass is 10.1. The zero-order chi connectivity index (χ0) is 15.2. The molecule has 0 bridgehead atoms. The molecule has 1 amide bonds. The zero-order valence-corrected chi connectivity index (χ0v) is 13.1. The standard InChI is InChI=1S/C14H11BrN2O3S/c15-10-3-1-2-9(6-10)7-12(18)17-14-16-8-11(21-14)4-5-13(19)20/h1-6,8H,7H2,(H,19,20)(H,16,17,18). The summed E-state index contributed by atoms with van der Waals surface area (Å²) in [6, 6.07) is 7.50. The number of aromatic nitrogens is 1. The van der Waals surface area contributed by atoms with Gasteiger partial charge < -0.3 is 10.4 Å². The maximum absolute atomic E-state index is 11.9. The van der Waals surface area contributed by atoms with Gasteiger partial charge >= 0.3 is 5.97 Å². The molecule has 2 rings (SSSR count). The number of nitrogens with one attached hydrogen (secondary N) is 1. The molecule has 2 N–H and O–H groups in total. The first kappa shape index (κ1) is 15.4. The smallest absolute Gasteiger partial charge is 0.328 e. The van der Waals surface area contributed by atoms with E-state index in [0.717, 1.165) is 16.1 Å². The van der Waals surface area contributed by atoms with Crippen LogP contribution < -0.4 is 5.32 Å². The molecule has 0 aliphatic rings. The first-order chi connectivity index (χ1) is 10.0. The number of carboxylic acids is 1. The van der Waals surface area contributed by atoms with Gasteiger partial charge in [0.2, 0.25) is 5.91 Å². The van der Waals surface area contributed by atoms with E-state index in [4.69, 9.17) is 5.11 Å². The Hall–Kier alpha value is -1.99. The molecule has 0 saturated carbocycles. The van der Waals surface area contributed by atoms with E-state index in [-0.39, 0.29) is 12.3 Å². The molecule has 7 heteroatoms. The second-order valence-electron chi connectivity index (χ2n) is 4.09. The quantitative estimate of drug-likeness (QED) is 0.796. The van der Waals surface area contributed by atoms with Gasteiger partial charge in [-0.1, -0.05) is 39.4 Å². The van der Waals surface area contributed by atoms with Crippen molar-refractivity contribution in [2.45, 2.75) is 6.42 Å². The Bertz CT molecular complexity index is 697. The monoisotopic (exact) mass is 366 g/mol. The Morgan fingerprint density at radius 3 is 2.95 bits per heavy atom. The SMILES string of the molecule is O=C(O)C=Cc1cnc(NC(=O)Cc2cccc(Br)c2)s1. The third-order valence-electron chi connectivity index (χ3n) is 2.41. The van der Waals surface area contributed by atoms with Gasteiger partial charge in [0, 0.05) is 21.6 Å². The van der Waals surface area contributed by atoms with Gasteiger partial charge in [0.25, 0.3) is 0 Å². The molecule has 0 fully saturated rings. The predicted octanol–water partition coefficient (Wildman–Crippen LogP) is 3.18. The number of thiazole rings is 1. The molecule has 0 spiro atoms. The van der Waals surface area contributed by atoms with Crippen LogP contribution in [-0.2, 0) is 16.0 Å².